The van der Waals surface area contributed by atoms with Gasteiger partial charge in [0.05, 0.1) is 11.6 Å². The molecule has 1 aromatic carbocycles. The van der Waals surface area contributed by atoms with E-state index in [1.54, 1.807) is 0 Å². The van der Waals surface area contributed by atoms with Gasteiger partial charge >= 0.3 is 0 Å². The van der Waals surface area contributed by atoms with Crippen molar-refractivity contribution in [2.75, 3.05) is 6.61 Å². The van der Waals surface area contributed by atoms with E-state index in [-0.39, 0.29) is 0 Å². The van der Waals surface area contributed by atoms with Gasteiger partial charge in [0, 0.05) is 0 Å². The largest absolute Gasteiger partial charge is 0.491 e. The highest BCUT2D eigenvalue weighted by Crippen LogP contribution is 2.42. The molecule has 2 aliphatic rings. The highest BCUT2D eigenvalue weighted by atomic mass is 35.5. The average molecular weight is 237 g/mol. The fraction of sp³-hybridized carbons (Fsp3) is 0.571. The molecule has 0 aliphatic heterocycles. The van der Waals surface area contributed by atoms with E-state index in [1.807, 2.05) is 6.07 Å². The quantitative estimate of drug-likeness (QED) is 0.765. The molecule has 0 bridgehead atoms. The second-order valence-corrected chi connectivity index (χ2v) is 5.55. The van der Waals surface area contributed by atoms with E-state index in [2.05, 4.69) is 13.0 Å². The first-order valence-corrected chi connectivity index (χ1v) is 6.57. The van der Waals surface area contributed by atoms with Crippen molar-refractivity contribution in [3.8, 4) is 5.75 Å². The lowest BCUT2D eigenvalue weighted by molar-refractivity contribution is 0.297. The van der Waals surface area contributed by atoms with Gasteiger partial charge in [0.2, 0.25) is 0 Å². The SMILES string of the molecule is CC1CCc2c1ccc(Cl)c2OCC1CC1. The molecule has 0 saturated heterocycles. The third kappa shape index (κ3) is 1.82. The zero-order valence-electron chi connectivity index (χ0n) is 9.63. The molecule has 16 heavy (non-hydrogen) atoms. The minimum atomic E-state index is 0.663. The highest BCUT2D eigenvalue weighted by Gasteiger charge is 2.26. The number of benzene rings is 1. The van der Waals surface area contributed by atoms with E-state index in [0.717, 1.165) is 29.7 Å². The molecule has 1 aromatic rings. The van der Waals surface area contributed by atoms with Gasteiger partial charge in [-0.3, -0.25) is 0 Å². The molecule has 86 valence electrons. The lowest BCUT2D eigenvalue weighted by atomic mass is 10.0. The maximum atomic E-state index is 6.23. The summed E-state index contributed by atoms with van der Waals surface area (Å²) >= 11 is 6.23. The fourth-order valence-corrected chi connectivity index (χ4v) is 2.72. The summed E-state index contributed by atoms with van der Waals surface area (Å²) in [5, 5.41) is 0.786. The van der Waals surface area contributed by atoms with Crippen molar-refractivity contribution in [1.82, 2.24) is 0 Å². The van der Waals surface area contributed by atoms with E-state index < -0.39 is 0 Å². The third-order valence-corrected chi connectivity index (χ3v) is 4.06. The molecule has 3 rings (SSSR count). The minimum Gasteiger partial charge on any atom is -0.491 e. The Morgan fingerprint density at radius 2 is 2.12 bits per heavy atom. The van der Waals surface area contributed by atoms with Crippen molar-refractivity contribution in [2.45, 2.75) is 38.5 Å². The zero-order valence-corrected chi connectivity index (χ0v) is 10.4. The number of halogens is 1. The van der Waals surface area contributed by atoms with Gasteiger partial charge in [-0.1, -0.05) is 24.6 Å². The van der Waals surface area contributed by atoms with Crippen LogP contribution < -0.4 is 4.74 Å². The number of rotatable bonds is 3. The van der Waals surface area contributed by atoms with Crippen molar-refractivity contribution in [1.29, 1.82) is 0 Å². The standard InChI is InChI=1S/C14H17ClO/c1-9-2-5-12-11(9)6-7-13(15)14(12)16-8-10-3-4-10/h6-7,9-10H,2-5,8H2,1H3. The first kappa shape index (κ1) is 10.5. The molecule has 1 nitrogen and oxygen atoms in total. The summed E-state index contributed by atoms with van der Waals surface area (Å²) < 4.78 is 5.92. The van der Waals surface area contributed by atoms with Crippen LogP contribution in [0.4, 0.5) is 0 Å². The number of hydrogen-bond acceptors (Lipinski definition) is 1. The van der Waals surface area contributed by atoms with Crippen LogP contribution in [0.25, 0.3) is 0 Å². The van der Waals surface area contributed by atoms with Gasteiger partial charge in [-0.25, -0.2) is 0 Å². The van der Waals surface area contributed by atoms with Gasteiger partial charge < -0.3 is 4.74 Å². The zero-order chi connectivity index (χ0) is 11.1. The molecule has 0 N–H and O–H groups in total. The van der Waals surface area contributed by atoms with Gasteiger partial charge in [0.15, 0.2) is 0 Å². The Kier molecular flexibility index (Phi) is 2.59. The Morgan fingerprint density at radius 3 is 2.88 bits per heavy atom. The van der Waals surface area contributed by atoms with E-state index in [4.69, 9.17) is 16.3 Å². The summed E-state index contributed by atoms with van der Waals surface area (Å²) in [6, 6.07) is 4.16. The van der Waals surface area contributed by atoms with Crippen molar-refractivity contribution in [3.63, 3.8) is 0 Å². The van der Waals surface area contributed by atoms with E-state index >= 15 is 0 Å². The van der Waals surface area contributed by atoms with Crippen LogP contribution >= 0.6 is 11.6 Å². The summed E-state index contributed by atoms with van der Waals surface area (Å²) in [5.41, 5.74) is 2.80. The van der Waals surface area contributed by atoms with E-state index in [9.17, 15) is 0 Å². The van der Waals surface area contributed by atoms with E-state index in [1.165, 1.54) is 30.4 Å². The van der Waals surface area contributed by atoms with Gasteiger partial charge in [-0.2, -0.15) is 0 Å². The first-order valence-electron chi connectivity index (χ1n) is 6.20. The van der Waals surface area contributed by atoms with Gasteiger partial charge in [0.1, 0.15) is 5.75 Å². The number of fused-ring (bicyclic) bond motifs is 1. The fourth-order valence-electron chi connectivity index (χ4n) is 2.49. The topological polar surface area (TPSA) is 9.23 Å². The normalized spacial score (nSPS) is 23.2. The molecule has 1 fully saturated rings. The van der Waals surface area contributed by atoms with E-state index in [0.29, 0.717) is 5.92 Å². The molecule has 1 unspecified atom stereocenters. The molecule has 1 atom stereocenters. The Labute approximate surface area is 102 Å². The average Bonchev–Trinajstić information content (AvgIpc) is 3.02. The Balaban J connectivity index is 1.89. The van der Waals surface area contributed by atoms with Crippen LogP contribution in [0.3, 0.4) is 0 Å². The molecule has 0 amide bonds. The maximum absolute atomic E-state index is 6.23. The molecular weight excluding hydrogens is 220 g/mol. The first-order chi connectivity index (χ1) is 7.75. The Bertz CT molecular complexity index is 409. The second kappa shape index (κ2) is 3.96. The lowest BCUT2D eigenvalue weighted by Crippen LogP contribution is -2.02. The predicted molar refractivity (Wildman–Crippen MR) is 66.4 cm³/mol. The summed E-state index contributed by atoms with van der Waals surface area (Å²) in [4.78, 5) is 0. The molecule has 0 radical (unpaired) electrons. The van der Waals surface area contributed by atoms with Crippen molar-refractivity contribution in [3.05, 3.63) is 28.3 Å². The third-order valence-electron chi connectivity index (χ3n) is 3.77. The number of ether oxygens (including phenoxy) is 1. The summed E-state index contributed by atoms with van der Waals surface area (Å²) in [6.07, 6.45) is 5.00. The summed E-state index contributed by atoms with van der Waals surface area (Å²) in [5.74, 6) is 2.41. The molecule has 0 heterocycles. The smallest absolute Gasteiger partial charge is 0.141 e. The monoisotopic (exact) mass is 236 g/mol. The van der Waals surface area contributed by atoms with Crippen LogP contribution in [0.15, 0.2) is 12.1 Å². The molecule has 1 saturated carbocycles. The van der Waals surface area contributed by atoms with Crippen LogP contribution in [0.5, 0.6) is 5.75 Å². The summed E-state index contributed by atoms with van der Waals surface area (Å²) in [6.45, 7) is 3.13. The van der Waals surface area contributed by atoms with Crippen molar-refractivity contribution < 1.29 is 4.74 Å². The highest BCUT2D eigenvalue weighted by molar-refractivity contribution is 6.32. The minimum absolute atomic E-state index is 0.663. The Morgan fingerprint density at radius 1 is 1.31 bits per heavy atom. The molecule has 2 heteroatoms. The lowest BCUT2D eigenvalue weighted by Gasteiger charge is -2.13. The molecule has 0 spiro atoms. The van der Waals surface area contributed by atoms with Gasteiger partial charge in [0.25, 0.3) is 0 Å². The van der Waals surface area contributed by atoms with Crippen LogP contribution in [0.1, 0.15) is 43.2 Å². The molecule has 2 aliphatic carbocycles. The number of hydrogen-bond donors (Lipinski definition) is 0. The van der Waals surface area contributed by atoms with Gasteiger partial charge in [-0.05, 0) is 54.7 Å². The maximum Gasteiger partial charge on any atom is 0.141 e. The van der Waals surface area contributed by atoms with Crippen molar-refractivity contribution >= 4 is 11.6 Å². The van der Waals surface area contributed by atoms with Crippen molar-refractivity contribution in [2.24, 2.45) is 5.92 Å². The predicted octanol–water partition coefficient (Wildman–Crippen LogP) is 4.18. The second-order valence-electron chi connectivity index (χ2n) is 5.14. The molecular formula is C14H17ClO. The van der Waals surface area contributed by atoms with Crippen LogP contribution in [-0.2, 0) is 6.42 Å². The molecule has 0 aromatic heterocycles. The van der Waals surface area contributed by atoms with Crippen LogP contribution in [0.2, 0.25) is 5.02 Å². The van der Waals surface area contributed by atoms with Gasteiger partial charge in [-0.15, -0.1) is 0 Å². The Hall–Kier alpha value is -0.690. The van der Waals surface area contributed by atoms with Crippen LogP contribution in [0, 0.1) is 5.92 Å². The summed E-state index contributed by atoms with van der Waals surface area (Å²) in [7, 11) is 0. The van der Waals surface area contributed by atoms with Crippen LogP contribution in [-0.4, -0.2) is 6.61 Å².